The number of hydrogen-bond donors (Lipinski definition) is 0. The van der Waals surface area contributed by atoms with Gasteiger partial charge in [0.2, 0.25) is 24.3 Å². The summed E-state index contributed by atoms with van der Waals surface area (Å²) in [6, 6.07) is 16.0. The van der Waals surface area contributed by atoms with Crippen molar-refractivity contribution in [3.05, 3.63) is 77.5 Å². The molecular weight excluding hydrogens is 448 g/mol. The van der Waals surface area contributed by atoms with Crippen LogP contribution in [0.2, 0.25) is 0 Å². The summed E-state index contributed by atoms with van der Waals surface area (Å²) >= 11 is 1.08. The predicted octanol–water partition coefficient (Wildman–Crippen LogP) is 6.64. The van der Waals surface area contributed by atoms with Crippen LogP contribution < -0.4 is 14.2 Å². The fourth-order valence-corrected chi connectivity index (χ4v) is 4.78. The zero-order chi connectivity index (χ0) is 23.5. The van der Waals surface area contributed by atoms with E-state index in [0.717, 1.165) is 11.8 Å². The molecule has 172 valence electrons. The lowest BCUT2D eigenvalue weighted by molar-refractivity contribution is -0.113. The van der Waals surface area contributed by atoms with E-state index in [-0.39, 0.29) is 40.1 Å². The largest absolute Gasteiger partial charge is 0.454 e. The van der Waals surface area contributed by atoms with Crippen molar-refractivity contribution >= 4 is 16.9 Å². The first-order valence-corrected chi connectivity index (χ1v) is 11.4. The van der Waals surface area contributed by atoms with Crippen molar-refractivity contribution in [2.45, 2.75) is 31.9 Å². The lowest BCUT2D eigenvalue weighted by Gasteiger charge is -2.23. The standard InChI is InChI=1S/C25H23F2NO4S/c1-14(2)21(17-12-19-22(26)23(27)24(17)31-13-30-19)25(29)33-15(3)18-10-7-11-20(28-18)32-16-8-5-4-6-9-16/h4-12,14-15,21H,13H2,1-3H3. The van der Waals surface area contributed by atoms with Crippen molar-refractivity contribution in [2.24, 2.45) is 5.92 Å². The molecule has 0 N–H and O–H groups in total. The summed E-state index contributed by atoms with van der Waals surface area (Å²) in [5, 5.41) is -0.494. The van der Waals surface area contributed by atoms with Crippen LogP contribution in [0.5, 0.6) is 23.1 Å². The SMILES string of the molecule is CC(SC(=O)C(c1cc2c(F)c(F)c1OCO2)C(C)C)c1cccc(Oc2ccccc2)n1. The molecule has 0 radical (unpaired) electrons. The molecule has 0 amide bonds. The summed E-state index contributed by atoms with van der Waals surface area (Å²) in [5.41, 5.74) is 0.953. The third-order valence-corrected chi connectivity index (χ3v) is 6.33. The van der Waals surface area contributed by atoms with E-state index in [0.29, 0.717) is 17.3 Å². The predicted molar refractivity (Wildman–Crippen MR) is 122 cm³/mol. The Labute approximate surface area is 195 Å². The number of benzene rings is 2. The fraction of sp³-hybridized carbons (Fsp3) is 0.280. The molecule has 3 aromatic rings. The minimum Gasteiger partial charge on any atom is -0.454 e. The van der Waals surface area contributed by atoms with Crippen LogP contribution in [0.15, 0.2) is 54.6 Å². The number of carbonyl (C=O) groups excluding carboxylic acids is 1. The Bertz CT molecular complexity index is 1160. The van der Waals surface area contributed by atoms with E-state index in [1.807, 2.05) is 63.2 Å². The third-order valence-electron chi connectivity index (χ3n) is 5.25. The molecule has 0 saturated heterocycles. The highest BCUT2D eigenvalue weighted by molar-refractivity contribution is 8.13. The van der Waals surface area contributed by atoms with E-state index in [1.165, 1.54) is 6.07 Å². The molecule has 0 spiro atoms. The number of rotatable bonds is 7. The minimum atomic E-state index is -1.14. The number of aromatic nitrogens is 1. The average Bonchev–Trinajstić information content (AvgIpc) is 3.08. The number of hydrogen-bond acceptors (Lipinski definition) is 6. The summed E-state index contributed by atoms with van der Waals surface area (Å²) in [7, 11) is 0. The summed E-state index contributed by atoms with van der Waals surface area (Å²) < 4.78 is 44.7. The number of nitrogens with zero attached hydrogens (tertiary/aromatic N) is 1. The molecule has 2 bridgehead atoms. The number of ether oxygens (including phenoxy) is 3. The number of halogens is 2. The fourth-order valence-electron chi connectivity index (χ4n) is 3.63. The molecule has 2 atom stereocenters. The van der Waals surface area contributed by atoms with Crippen LogP contribution in [0.4, 0.5) is 8.78 Å². The summed E-state index contributed by atoms with van der Waals surface area (Å²) in [5.74, 6) is -2.60. The van der Waals surface area contributed by atoms with Crippen LogP contribution in [-0.4, -0.2) is 16.9 Å². The van der Waals surface area contributed by atoms with E-state index in [4.69, 9.17) is 14.2 Å². The molecule has 33 heavy (non-hydrogen) atoms. The first-order chi connectivity index (χ1) is 15.8. The lowest BCUT2D eigenvalue weighted by Crippen LogP contribution is -2.18. The molecule has 2 aromatic carbocycles. The first kappa shape index (κ1) is 23.0. The number of para-hydroxylation sites is 1. The van der Waals surface area contributed by atoms with Gasteiger partial charge in [-0.25, -0.2) is 4.98 Å². The Balaban J connectivity index is 1.55. The van der Waals surface area contributed by atoms with Crippen molar-refractivity contribution in [1.29, 1.82) is 0 Å². The smallest absolute Gasteiger partial charge is 0.231 e. The zero-order valence-electron chi connectivity index (χ0n) is 18.4. The molecule has 3 heterocycles. The van der Waals surface area contributed by atoms with Crippen molar-refractivity contribution in [3.63, 3.8) is 0 Å². The van der Waals surface area contributed by atoms with Crippen molar-refractivity contribution in [2.75, 3.05) is 6.79 Å². The molecule has 2 aliphatic rings. The van der Waals surface area contributed by atoms with Gasteiger partial charge < -0.3 is 14.2 Å². The molecule has 5 rings (SSSR count). The van der Waals surface area contributed by atoms with Gasteiger partial charge in [-0.1, -0.05) is 49.9 Å². The van der Waals surface area contributed by atoms with Gasteiger partial charge in [-0.2, -0.15) is 8.78 Å². The van der Waals surface area contributed by atoms with Gasteiger partial charge in [-0.3, -0.25) is 4.79 Å². The Morgan fingerprint density at radius 3 is 2.52 bits per heavy atom. The van der Waals surface area contributed by atoms with E-state index >= 15 is 0 Å². The highest BCUT2D eigenvalue weighted by atomic mass is 32.2. The zero-order valence-corrected chi connectivity index (χ0v) is 19.2. The van der Waals surface area contributed by atoms with Gasteiger partial charge in [0.05, 0.1) is 16.9 Å². The maximum absolute atomic E-state index is 14.5. The van der Waals surface area contributed by atoms with Gasteiger partial charge in [-0.15, -0.1) is 0 Å². The van der Waals surface area contributed by atoms with E-state index in [1.54, 1.807) is 6.07 Å². The van der Waals surface area contributed by atoms with Crippen molar-refractivity contribution in [1.82, 2.24) is 4.98 Å². The van der Waals surface area contributed by atoms with Crippen LogP contribution in [0.1, 0.15) is 43.2 Å². The Morgan fingerprint density at radius 2 is 1.79 bits per heavy atom. The van der Waals surface area contributed by atoms with E-state index in [9.17, 15) is 13.6 Å². The molecule has 0 saturated carbocycles. The second-order valence-corrected chi connectivity index (χ2v) is 9.29. The highest BCUT2D eigenvalue weighted by Crippen LogP contribution is 2.44. The van der Waals surface area contributed by atoms with Crippen LogP contribution in [0.3, 0.4) is 0 Å². The quantitative estimate of drug-likeness (QED) is 0.385. The summed E-state index contributed by atoms with van der Waals surface area (Å²) in [6.07, 6.45) is 0. The first-order valence-electron chi connectivity index (χ1n) is 10.5. The van der Waals surface area contributed by atoms with Crippen LogP contribution in [0, 0.1) is 17.6 Å². The topological polar surface area (TPSA) is 57.7 Å². The maximum Gasteiger partial charge on any atom is 0.231 e. The van der Waals surface area contributed by atoms with Gasteiger partial charge in [0.25, 0.3) is 0 Å². The third kappa shape index (κ3) is 4.95. The van der Waals surface area contributed by atoms with Crippen molar-refractivity contribution < 1.29 is 27.8 Å². The molecule has 2 unspecified atom stereocenters. The van der Waals surface area contributed by atoms with Gasteiger partial charge in [0.15, 0.2) is 16.6 Å². The van der Waals surface area contributed by atoms with E-state index in [2.05, 4.69) is 4.98 Å². The molecule has 0 aliphatic carbocycles. The van der Waals surface area contributed by atoms with Crippen LogP contribution in [-0.2, 0) is 4.79 Å². The number of thioether (sulfide) groups is 1. The maximum atomic E-state index is 14.5. The molecule has 8 heteroatoms. The summed E-state index contributed by atoms with van der Waals surface area (Å²) in [6.45, 7) is 5.25. The van der Waals surface area contributed by atoms with Crippen LogP contribution >= 0.6 is 11.8 Å². The minimum absolute atomic E-state index is 0.184. The Kier molecular flexibility index (Phi) is 6.83. The van der Waals surface area contributed by atoms with Crippen molar-refractivity contribution in [3.8, 4) is 23.1 Å². The Hall–Kier alpha value is -3.13. The normalized spacial score (nSPS) is 14.2. The van der Waals surface area contributed by atoms with Gasteiger partial charge in [0, 0.05) is 11.6 Å². The van der Waals surface area contributed by atoms with E-state index < -0.39 is 17.6 Å². The number of pyridine rings is 1. The molecular formula is C25H23F2NO4S. The molecule has 5 nitrogen and oxygen atoms in total. The molecule has 1 aromatic heterocycles. The lowest BCUT2D eigenvalue weighted by atomic mass is 9.88. The highest BCUT2D eigenvalue weighted by Gasteiger charge is 2.34. The monoisotopic (exact) mass is 471 g/mol. The van der Waals surface area contributed by atoms with Gasteiger partial charge in [0.1, 0.15) is 5.75 Å². The number of fused-ring (bicyclic) bond motifs is 4. The Morgan fingerprint density at radius 1 is 1.03 bits per heavy atom. The van der Waals surface area contributed by atoms with Gasteiger partial charge in [-0.05, 0) is 37.1 Å². The average molecular weight is 472 g/mol. The van der Waals surface area contributed by atoms with Crippen LogP contribution in [0.25, 0.3) is 0 Å². The second-order valence-electron chi connectivity index (χ2n) is 7.94. The summed E-state index contributed by atoms with van der Waals surface area (Å²) in [4.78, 5) is 17.9. The molecule has 0 fully saturated rings. The van der Waals surface area contributed by atoms with Gasteiger partial charge >= 0.3 is 0 Å². The molecule has 2 aliphatic heterocycles. The number of carbonyl (C=O) groups is 1. The second kappa shape index (κ2) is 9.79.